The number of hydrogen-bond acceptors (Lipinski definition) is 4. The molecule has 2 N–H and O–H groups in total. The predicted octanol–water partition coefficient (Wildman–Crippen LogP) is 1.41. The summed E-state index contributed by atoms with van der Waals surface area (Å²) >= 11 is 0. The van der Waals surface area contributed by atoms with Crippen molar-refractivity contribution in [1.82, 2.24) is 4.90 Å². The summed E-state index contributed by atoms with van der Waals surface area (Å²) in [6, 6.07) is 8.16. The van der Waals surface area contributed by atoms with E-state index in [1.807, 2.05) is 12.1 Å². The number of nitrogens with zero attached hydrogens (tertiary/aromatic N) is 1. The number of aliphatic carboxylic acids is 1. The fourth-order valence-corrected chi connectivity index (χ4v) is 2.06. The highest BCUT2D eigenvalue weighted by Gasteiger charge is 2.10. The summed E-state index contributed by atoms with van der Waals surface area (Å²) in [5.41, 5.74) is 2.23. The highest BCUT2D eigenvalue weighted by atomic mass is 16.5. The molecule has 0 saturated carbocycles. The van der Waals surface area contributed by atoms with Gasteiger partial charge in [0.15, 0.2) is 0 Å². The smallest absolute Gasteiger partial charge is 0.305 e. The molecule has 2 rings (SSSR count). The summed E-state index contributed by atoms with van der Waals surface area (Å²) in [6.07, 6.45) is 0.134. The van der Waals surface area contributed by atoms with Gasteiger partial charge >= 0.3 is 5.97 Å². The molecule has 19 heavy (non-hydrogen) atoms. The van der Waals surface area contributed by atoms with Crippen LogP contribution in [0.3, 0.4) is 0 Å². The second kappa shape index (κ2) is 7.11. The predicted molar refractivity (Wildman–Crippen MR) is 73.3 cm³/mol. The number of nitrogens with one attached hydrogen (secondary N) is 1. The van der Waals surface area contributed by atoms with Gasteiger partial charge in [0.1, 0.15) is 0 Å². The van der Waals surface area contributed by atoms with Gasteiger partial charge in [0, 0.05) is 31.9 Å². The first-order chi connectivity index (χ1) is 9.24. The maximum atomic E-state index is 10.4. The summed E-state index contributed by atoms with van der Waals surface area (Å²) in [5, 5.41) is 11.7. The van der Waals surface area contributed by atoms with Crippen molar-refractivity contribution in [1.29, 1.82) is 0 Å². The van der Waals surface area contributed by atoms with Gasteiger partial charge in [-0.25, -0.2) is 0 Å². The van der Waals surface area contributed by atoms with Gasteiger partial charge in [-0.05, 0) is 17.7 Å². The number of morpholine rings is 1. The van der Waals surface area contributed by atoms with Crippen LogP contribution >= 0.6 is 0 Å². The van der Waals surface area contributed by atoms with Crippen molar-refractivity contribution in [2.75, 3.05) is 38.2 Å². The highest BCUT2D eigenvalue weighted by Crippen LogP contribution is 2.12. The summed E-state index contributed by atoms with van der Waals surface area (Å²) in [5.74, 6) is -0.781. The van der Waals surface area contributed by atoms with Gasteiger partial charge < -0.3 is 15.2 Å². The van der Waals surface area contributed by atoms with E-state index in [4.69, 9.17) is 9.84 Å². The van der Waals surface area contributed by atoms with E-state index >= 15 is 0 Å². The number of ether oxygens (including phenoxy) is 1. The minimum absolute atomic E-state index is 0.134. The maximum absolute atomic E-state index is 10.4. The standard InChI is InChI=1S/C14H20N2O3/c17-14(18)5-6-15-13-3-1-12(2-4-13)11-16-7-9-19-10-8-16/h1-4,15H,5-11H2,(H,17,18). The van der Waals surface area contributed by atoms with Crippen LogP contribution in [0.4, 0.5) is 5.69 Å². The summed E-state index contributed by atoms with van der Waals surface area (Å²) < 4.78 is 5.32. The lowest BCUT2D eigenvalue weighted by atomic mass is 10.2. The lowest BCUT2D eigenvalue weighted by molar-refractivity contribution is -0.136. The van der Waals surface area contributed by atoms with E-state index in [1.54, 1.807) is 0 Å². The van der Waals surface area contributed by atoms with Crippen molar-refractivity contribution in [2.45, 2.75) is 13.0 Å². The van der Waals surface area contributed by atoms with Gasteiger partial charge in [0.2, 0.25) is 0 Å². The first-order valence-electron chi connectivity index (χ1n) is 6.59. The van der Waals surface area contributed by atoms with E-state index < -0.39 is 5.97 Å². The van der Waals surface area contributed by atoms with E-state index in [1.165, 1.54) is 5.56 Å². The molecular weight excluding hydrogens is 244 g/mol. The van der Waals surface area contributed by atoms with Crippen molar-refractivity contribution in [3.05, 3.63) is 29.8 Å². The van der Waals surface area contributed by atoms with Gasteiger partial charge in [-0.3, -0.25) is 9.69 Å². The van der Waals surface area contributed by atoms with E-state index in [0.29, 0.717) is 6.54 Å². The zero-order valence-electron chi connectivity index (χ0n) is 11.0. The molecule has 1 fully saturated rings. The minimum Gasteiger partial charge on any atom is -0.481 e. The minimum atomic E-state index is -0.781. The van der Waals surface area contributed by atoms with E-state index in [2.05, 4.69) is 22.3 Å². The molecule has 0 bridgehead atoms. The molecule has 5 nitrogen and oxygen atoms in total. The topological polar surface area (TPSA) is 61.8 Å². The van der Waals surface area contributed by atoms with Crippen LogP contribution in [0.1, 0.15) is 12.0 Å². The Morgan fingerprint density at radius 3 is 2.58 bits per heavy atom. The molecule has 104 valence electrons. The molecule has 1 aromatic carbocycles. The Balaban J connectivity index is 1.78. The zero-order chi connectivity index (χ0) is 13.5. The third-order valence-corrected chi connectivity index (χ3v) is 3.13. The molecule has 1 aromatic rings. The average Bonchev–Trinajstić information content (AvgIpc) is 2.42. The van der Waals surface area contributed by atoms with E-state index in [0.717, 1.165) is 38.5 Å². The van der Waals surface area contributed by atoms with E-state index in [-0.39, 0.29) is 6.42 Å². The summed E-state index contributed by atoms with van der Waals surface area (Å²) in [7, 11) is 0. The zero-order valence-corrected chi connectivity index (χ0v) is 11.0. The van der Waals surface area contributed by atoms with Gasteiger partial charge in [0.25, 0.3) is 0 Å². The van der Waals surface area contributed by atoms with Crippen molar-refractivity contribution in [2.24, 2.45) is 0 Å². The first kappa shape index (κ1) is 13.8. The van der Waals surface area contributed by atoms with Crippen LogP contribution in [-0.4, -0.2) is 48.8 Å². The van der Waals surface area contributed by atoms with E-state index in [9.17, 15) is 4.79 Å². The van der Waals surface area contributed by atoms with Crippen molar-refractivity contribution >= 4 is 11.7 Å². The maximum Gasteiger partial charge on any atom is 0.305 e. The summed E-state index contributed by atoms with van der Waals surface area (Å²) in [4.78, 5) is 12.8. The number of anilines is 1. The van der Waals surface area contributed by atoms with Crippen LogP contribution < -0.4 is 5.32 Å². The molecule has 0 amide bonds. The third kappa shape index (κ3) is 4.89. The van der Waals surface area contributed by atoms with Crippen molar-refractivity contribution < 1.29 is 14.6 Å². The first-order valence-corrected chi connectivity index (χ1v) is 6.59. The third-order valence-electron chi connectivity index (χ3n) is 3.13. The molecule has 0 aromatic heterocycles. The Morgan fingerprint density at radius 2 is 1.95 bits per heavy atom. The average molecular weight is 264 g/mol. The van der Waals surface area contributed by atoms with Gasteiger partial charge in [-0.1, -0.05) is 12.1 Å². The lowest BCUT2D eigenvalue weighted by Crippen LogP contribution is -2.35. The monoisotopic (exact) mass is 264 g/mol. The number of benzene rings is 1. The SMILES string of the molecule is O=C(O)CCNc1ccc(CN2CCOCC2)cc1. The van der Waals surface area contributed by atoms with Gasteiger partial charge in [-0.15, -0.1) is 0 Å². The van der Waals surface area contributed by atoms with Crippen LogP contribution in [0, 0.1) is 0 Å². The van der Waals surface area contributed by atoms with Crippen molar-refractivity contribution in [3.8, 4) is 0 Å². The lowest BCUT2D eigenvalue weighted by Gasteiger charge is -2.26. The number of hydrogen-bond donors (Lipinski definition) is 2. The second-order valence-electron chi connectivity index (χ2n) is 4.66. The Labute approximate surface area is 113 Å². The number of carboxylic acids is 1. The van der Waals surface area contributed by atoms with Gasteiger partial charge in [0.05, 0.1) is 19.6 Å². The number of rotatable bonds is 6. The Morgan fingerprint density at radius 1 is 1.26 bits per heavy atom. The highest BCUT2D eigenvalue weighted by molar-refractivity contribution is 5.67. The quantitative estimate of drug-likeness (QED) is 0.813. The van der Waals surface area contributed by atoms with Gasteiger partial charge in [-0.2, -0.15) is 0 Å². The molecule has 1 aliphatic rings. The Bertz CT molecular complexity index is 400. The summed E-state index contributed by atoms with van der Waals surface area (Å²) in [6.45, 7) is 5.00. The number of carboxylic acid groups (broad SMARTS) is 1. The number of carbonyl (C=O) groups is 1. The normalized spacial score (nSPS) is 16.2. The molecule has 1 heterocycles. The molecule has 0 aliphatic carbocycles. The Hall–Kier alpha value is -1.59. The fraction of sp³-hybridized carbons (Fsp3) is 0.500. The molecule has 0 atom stereocenters. The molecule has 5 heteroatoms. The van der Waals surface area contributed by atoms with Crippen LogP contribution in [-0.2, 0) is 16.1 Å². The molecule has 0 radical (unpaired) electrons. The second-order valence-corrected chi connectivity index (χ2v) is 4.66. The molecular formula is C14H20N2O3. The molecule has 0 spiro atoms. The van der Waals surface area contributed by atoms with Crippen LogP contribution in [0.5, 0.6) is 0 Å². The van der Waals surface area contributed by atoms with Crippen molar-refractivity contribution in [3.63, 3.8) is 0 Å². The molecule has 1 saturated heterocycles. The van der Waals surface area contributed by atoms with Crippen LogP contribution in [0.15, 0.2) is 24.3 Å². The fourth-order valence-electron chi connectivity index (χ4n) is 2.06. The molecule has 1 aliphatic heterocycles. The van der Waals surface area contributed by atoms with Crippen LogP contribution in [0.2, 0.25) is 0 Å². The molecule has 0 unspecified atom stereocenters. The largest absolute Gasteiger partial charge is 0.481 e. The Kier molecular flexibility index (Phi) is 5.18. The van der Waals surface area contributed by atoms with Crippen LogP contribution in [0.25, 0.3) is 0 Å².